The van der Waals surface area contributed by atoms with Crippen LogP contribution in [0.3, 0.4) is 0 Å². The van der Waals surface area contributed by atoms with Crippen molar-refractivity contribution in [3.63, 3.8) is 0 Å². The molecule has 0 aliphatic rings. The molecule has 0 aliphatic heterocycles. The van der Waals surface area contributed by atoms with E-state index in [1.165, 1.54) is 11.3 Å². The van der Waals surface area contributed by atoms with E-state index in [1.807, 2.05) is 36.4 Å². The fourth-order valence-electron chi connectivity index (χ4n) is 2.80. The molecule has 0 atom stereocenters. The number of Topliss-reactive ketones (excluding diaryl/α,β-unsaturated/α-hetero) is 1. The van der Waals surface area contributed by atoms with Crippen LogP contribution in [0.25, 0.3) is 20.2 Å². The van der Waals surface area contributed by atoms with Crippen molar-refractivity contribution in [2.75, 3.05) is 6.61 Å². The second kappa shape index (κ2) is 6.90. The highest BCUT2D eigenvalue weighted by molar-refractivity contribution is 7.25. The van der Waals surface area contributed by atoms with Crippen LogP contribution >= 0.6 is 22.9 Å². The molecule has 4 rings (SSSR count). The topological polar surface area (TPSA) is 43.4 Å². The van der Waals surface area contributed by atoms with Gasteiger partial charge in [-0.3, -0.25) is 9.59 Å². The van der Waals surface area contributed by atoms with Crippen LogP contribution in [-0.2, 0) is 0 Å². The molecule has 0 bridgehead atoms. The first-order chi connectivity index (χ1) is 12.6. The maximum absolute atomic E-state index is 12.8. The number of hydrogen-bond acceptors (Lipinski definition) is 4. The largest absolute Gasteiger partial charge is 0.484 e. The maximum atomic E-state index is 12.8. The molecular weight excluding hydrogens is 368 g/mol. The molecule has 4 aromatic rings. The molecule has 0 radical (unpaired) electrons. The molecule has 128 valence electrons. The number of fused-ring (bicyclic) bond motifs is 2. The van der Waals surface area contributed by atoms with E-state index in [2.05, 4.69) is 0 Å². The molecule has 0 N–H and O–H groups in total. The lowest BCUT2D eigenvalue weighted by Gasteiger charge is -2.10. The summed E-state index contributed by atoms with van der Waals surface area (Å²) in [6.07, 6.45) is 0. The van der Waals surface area contributed by atoms with Crippen molar-refractivity contribution in [3.05, 3.63) is 87.5 Å². The molecule has 0 saturated heterocycles. The van der Waals surface area contributed by atoms with E-state index in [1.54, 1.807) is 30.3 Å². The minimum absolute atomic E-state index is 0.103. The van der Waals surface area contributed by atoms with Gasteiger partial charge < -0.3 is 4.74 Å². The average molecular weight is 381 g/mol. The predicted molar refractivity (Wildman–Crippen MR) is 107 cm³/mol. The van der Waals surface area contributed by atoms with Gasteiger partial charge in [-0.25, -0.2) is 0 Å². The first-order valence-corrected chi connectivity index (χ1v) is 9.20. The van der Waals surface area contributed by atoms with Crippen LogP contribution in [0.4, 0.5) is 0 Å². The van der Waals surface area contributed by atoms with Crippen LogP contribution in [0.15, 0.2) is 71.5 Å². The first-order valence-electron chi connectivity index (χ1n) is 8.00. The minimum Gasteiger partial charge on any atom is -0.484 e. The third-order valence-corrected chi connectivity index (χ3v) is 5.60. The van der Waals surface area contributed by atoms with Crippen molar-refractivity contribution in [2.24, 2.45) is 0 Å². The fourth-order valence-corrected chi connectivity index (χ4v) is 4.27. The highest BCUT2D eigenvalue weighted by atomic mass is 35.5. The molecule has 1 aromatic heterocycles. The van der Waals surface area contributed by atoms with Gasteiger partial charge in [0.2, 0.25) is 0 Å². The highest BCUT2D eigenvalue weighted by Crippen LogP contribution is 2.35. The standard InChI is InChI=1S/C21H13ClO3S/c22-15-10-11-17(25-12-16(23)13-6-2-1-3-7-13)21-19(15)20(24)14-8-4-5-9-18(14)26-21/h1-11H,12H2. The number of carbonyl (C=O) groups excluding carboxylic acids is 1. The zero-order valence-electron chi connectivity index (χ0n) is 13.6. The quantitative estimate of drug-likeness (QED) is 0.355. The Balaban J connectivity index is 1.77. The lowest BCUT2D eigenvalue weighted by atomic mass is 10.1. The Kier molecular flexibility index (Phi) is 4.45. The van der Waals surface area contributed by atoms with E-state index in [4.69, 9.17) is 16.3 Å². The average Bonchev–Trinajstić information content (AvgIpc) is 2.68. The molecule has 0 fully saturated rings. The Morgan fingerprint density at radius 2 is 1.69 bits per heavy atom. The van der Waals surface area contributed by atoms with Crippen LogP contribution in [-0.4, -0.2) is 12.4 Å². The van der Waals surface area contributed by atoms with Gasteiger partial charge in [-0.1, -0.05) is 54.1 Å². The van der Waals surface area contributed by atoms with Gasteiger partial charge in [-0.05, 0) is 24.3 Å². The van der Waals surface area contributed by atoms with Gasteiger partial charge in [0.25, 0.3) is 0 Å². The summed E-state index contributed by atoms with van der Waals surface area (Å²) in [5.74, 6) is 0.364. The number of ketones is 1. The Labute approximate surface area is 158 Å². The molecule has 1 heterocycles. The summed E-state index contributed by atoms with van der Waals surface area (Å²) in [6, 6.07) is 19.7. The van der Waals surface area contributed by atoms with Gasteiger partial charge in [0, 0.05) is 15.6 Å². The van der Waals surface area contributed by atoms with Gasteiger partial charge in [-0.2, -0.15) is 0 Å². The summed E-state index contributed by atoms with van der Waals surface area (Å²) in [4.78, 5) is 25.1. The molecule has 0 unspecified atom stereocenters. The fraction of sp³-hybridized carbons (Fsp3) is 0.0476. The Morgan fingerprint density at radius 1 is 0.962 bits per heavy atom. The summed E-state index contributed by atoms with van der Waals surface area (Å²) in [5.41, 5.74) is 0.462. The van der Waals surface area contributed by atoms with Crippen LogP contribution in [0, 0.1) is 0 Å². The van der Waals surface area contributed by atoms with Gasteiger partial charge in [0.1, 0.15) is 5.75 Å². The molecule has 0 saturated carbocycles. The molecule has 0 aliphatic carbocycles. The number of hydrogen-bond donors (Lipinski definition) is 0. The molecule has 3 aromatic carbocycles. The van der Waals surface area contributed by atoms with E-state index in [0.29, 0.717) is 31.8 Å². The lowest BCUT2D eigenvalue weighted by molar-refractivity contribution is 0.0923. The van der Waals surface area contributed by atoms with Crippen LogP contribution in [0.2, 0.25) is 5.02 Å². The third-order valence-electron chi connectivity index (χ3n) is 4.10. The number of ether oxygens (including phenoxy) is 1. The minimum atomic E-state index is -0.126. The highest BCUT2D eigenvalue weighted by Gasteiger charge is 2.15. The van der Waals surface area contributed by atoms with Gasteiger partial charge in [-0.15, -0.1) is 11.3 Å². The Morgan fingerprint density at radius 3 is 2.50 bits per heavy atom. The van der Waals surface area contributed by atoms with Crippen molar-refractivity contribution >= 4 is 48.9 Å². The van der Waals surface area contributed by atoms with E-state index in [0.717, 1.165) is 4.70 Å². The first kappa shape index (κ1) is 16.8. The maximum Gasteiger partial charge on any atom is 0.200 e. The normalized spacial score (nSPS) is 11.0. The molecule has 0 spiro atoms. The van der Waals surface area contributed by atoms with E-state index in [-0.39, 0.29) is 17.8 Å². The number of halogens is 1. The molecular formula is C21H13ClO3S. The second-order valence-electron chi connectivity index (χ2n) is 5.75. The summed E-state index contributed by atoms with van der Waals surface area (Å²) >= 11 is 7.71. The van der Waals surface area contributed by atoms with Crippen LogP contribution in [0.5, 0.6) is 5.75 Å². The van der Waals surface area contributed by atoms with Crippen molar-refractivity contribution < 1.29 is 9.53 Å². The number of carbonyl (C=O) groups is 1. The number of benzene rings is 3. The van der Waals surface area contributed by atoms with E-state index in [9.17, 15) is 9.59 Å². The van der Waals surface area contributed by atoms with E-state index >= 15 is 0 Å². The van der Waals surface area contributed by atoms with Crippen molar-refractivity contribution in [3.8, 4) is 5.75 Å². The van der Waals surface area contributed by atoms with Crippen LogP contribution in [0.1, 0.15) is 10.4 Å². The Hall–Kier alpha value is -2.69. The lowest BCUT2D eigenvalue weighted by Crippen LogP contribution is -2.12. The molecule has 26 heavy (non-hydrogen) atoms. The predicted octanol–water partition coefficient (Wildman–Crippen LogP) is 5.33. The SMILES string of the molecule is O=C(COc1ccc(Cl)c2c(=O)c3ccccc3sc12)c1ccccc1. The molecule has 0 amide bonds. The van der Waals surface area contributed by atoms with Crippen molar-refractivity contribution in [1.82, 2.24) is 0 Å². The summed E-state index contributed by atoms with van der Waals surface area (Å²) in [7, 11) is 0. The zero-order valence-corrected chi connectivity index (χ0v) is 15.1. The summed E-state index contributed by atoms with van der Waals surface area (Å²) in [5, 5.41) is 1.44. The van der Waals surface area contributed by atoms with Crippen molar-refractivity contribution in [2.45, 2.75) is 0 Å². The van der Waals surface area contributed by atoms with E-state index < -0.39 is 0 Å². The van der Waals surface area contributed by atoms with Gasteiger partial charge in [0.05, 0.1) is 15.1 Å². The summed E-state index contributed by atoms with van der Waals surface area (Å²) < 4.78 is 7.27. The number of rotatable bonds is 4. The van der Waals surface area contributed by atoms with Crippen molar-refractivity contribution in [1.29, 1.82) is 0 Å². The van der Waals surface area contributed by atoms with Gasteiger partial charge in [0.15, 0.2) is 17.8 Å². The monoisotopic (exact) mass is 380 g/mol. The second-order valence-corrected chi connectivity index (χ2v) is 7.21. The molecule has 5 heteroatoms. The zero-order chi connectivity index (χ0) is 18.1. The smallest absolute Gasteiger partial charge is 0.200 e. The summed E-state index contributed by atoms with van der Waals surface area (Å²) in [6.45, 7) is -0.103. The third kappa shape index (κ3) is 2.98. The molecule has 3 nitrogen and oxygen atoms in total. The van der Waals surface area contributed by atoms with Gasteiger partial charge >= 0.3 is 0 Å². The van der Waals surface area contributed by atoms with Crippen LogP contribution < -0.4 is 10.2 Å². The Bertz CT molecular complexity index is 1180.